The van der Waals surface area contributed by atoms with E-state index >= 15 is 0 Å². The fourth-order valence-corrected chi connectivity index (χ4v) is 2.64. The molecule has 0 aliphatic heterocycles. The van der Waals surface area contributed by atoms with Crippen molar-refractivity contribution in [2.24, 2.45) is 0 Å². The molecule has 0 spiro atoms. The van der Waals surface area contributed by atoms with Crippen LogP contribution in [-0.4, -0.2) is 25.1 Å². The van der Waals surface area contributed by atoms with Gasteiger partial charge in [-0.15, -0.1) is 0 Å². The largest absolute Gasteiger partial charge is 0.311 e. The molecule has 98 valence electrons. The molecule has 19 heavy (non-hydrogen) atoms. The van der Waals surface area contributed by atoms with Crippen molar-refractivity contribution in [1.29, 1.82) is 0 Å². The Kier molecular flexibility index (Phi) is 3.46. The average molecular weight is 294 g/mol. The van der Waals surface area contributed by atoms with E-state index in [1.165, 1.54) is 11.7 Å². The maximum atomic E-state index is 6.27. The van der Waals surface area contributed by atoms with Gasteiger partial charge in [0.25, 0.3) is 0 Å². The SMILES string of the molecule is CCNCc1ccn(-c2c(Cl)ccc3nsnc23)n1. The zero-order valence-corrected chi connectivity index (χ0v) is 11.9. The molecule has 0 aliphatic carbocycles. The lowest BCUT2D eigenvalue weighted by Gasteiger charge is -2.04. The van der Waals surface area contributed by atoms with Gasteiger partial charge in [0.05, 0.1) is 22.4 Å². The summed E-state index contributed by atoms with van der Waals surface area (Å²) in [5, 5.41) is 8.38. The topological polar surface area (TPSA) is 55.6 Å². The fourth-order valence-electron chi connectivity index (χ4n) is 1.86. The minimum atomic E-state index is 0.623. The number of nitrogens with one attached hydrogen (secondary N) is 1. The second kappa shape index (κ2) is 5.24. The van der Waals surface area contributed by atoms with Gasteiger partial charge in [0.15, 0.2) is 0 Å². The van der Waals surface area contributed by atoms with Gasteiger partial charge in [-0.25, -0.2) is 4.68 Å². The van der Waals surface area contributed by atoms with Crippen LogP contribution in [0.5, 0.6) is 0 Å². The van der Waals surface area contributed by atoms with Crippen LogP contribution < -0.4 is 5.32 Å². The van der Waals surface area contributed by atoms with Gasteiger partial charge in [-0.05, 0) is 24.7 Å². The first-order chi connectivity index (χ1) is 9.29. The maximum absolute atomic E-state index is 6.27. The minimum Gasteiger partial charge on any atom is -0.311 e. The van der Waals surface area contributed by atoms with Crippen LogP contribution in [0.4, 0.5) is 0 Å². The Morgan fingerprint density at radius 2 is 2.21 bits per heavy atom. The molecule has 2 heterocycles. The molecule has 1 aromatic carbocycles. The summed E-state index contributed by atoms with van der Waals surface area (Å²) >= 11 is 7.45. The molecule has 3 rings (SSSR count). The van der Waals surface area contributed by atoms with Crippen molar-refractivity contribution in [1.82, 2.24) is 23.8 Å². The lowest BCUT2D eigenvalue weighted by Crippen LogP contribution is -2.12. The average Bonchev–Trinajstić information content (AvgIpc) is 3.04. The highest BCUT2D eigenvalue weighted by Gasteiger charge is 2.12. The highest BCUT2D eigenvalue weighted by atomic mass is 35.5. The van der Waals surface area contributed by atoms with Gasteiger partial charge in [-0.3, -0.25) is 0 Å². The Morgan fingerprint density at radius 3 is 3.05 bits per heavy atom. The fraction of sp³-hybridized carbons (Fsp3) is 0.250. The van der Waals surface area contributed by atoms with Crippen molar-refractivity contribution >= 4 is 34.4 Å². The standard InChI is InChI=1S/C12H12ClN5S/c1-2-14-7-8-5-6-18(15-8)12-9(13)3-4-10-11(12)17-19-16-10/h3-6,14H,2,7H2,1H3. The number of aromatic nitrogens is 4. The molecule has 0 bridgehead atoms. The van der Waals surface area contributed by atoms with Gasteiger partial charge in [0.1, 0.15) is 16.7 Å². The summed E-state index contributed by atoms with van der Waals surface area (Å²) in [6.45, 7) is 3.72. The number of halogens is 1. The van der Waals surface area contributed by atoms with Crippen molar-refractivity contribution in [3.63, 3.8) is 0 Å². The van der Waals surface area contributed by atoms with Gasteiger partial charge in [0.2, 0.25) is 0 Å². The monoisotopic (exact) mass is 293 g/mol. The lowest BCUT2D eigenvalue weighted by molar-refractivity contribution is 0.697. The minimum absolute atomic E-state index is 0.623. The van der Waals surface area contributed by atoms with Crippen molar-refractivity contribution in [2.75, 3.05) is 6.54 Å². The van der Waals surface area contributed by atoms with E-state index in [1.54, 1.807) is 4.68 Å². The highest BCUT2D eigenvalue weighted by Crippen LogP contribution is 2.28. The van der Waals surface area contributed by atoms with Crippen LogP contribution in [0.3, 0.4) is 0 Å². The third-order valence-corrected chi connectivity index (χ3v) is 3.63. The first kappa shape index (κ1) is 12.5. The van der Waals surface area contributed by atoms with Crippen LogP contribution in [0, 0.1) is 0 Å². The molecular formula is C12H12ClN5S. The van der Waals surface area contributed by atoms with E-state index in [9.17, 15) is 0 Å². The second-order valence-corrected chi connectivity index (χ2v) is 5.00. The zero-order valence-electron chi connectivity index (χ0n) is 10.3. The van der Waals surface area contributed by atoms with Crippen LogP contribution in [-0.2, 0) is 6.54 Å². The number of hydrogen-bond acceptors (Lipinski definition) is 5. The van der Waals surface area contributed by atoms with Gasteiger partial charge >= 0.3 is 0 Å². The van der Waals surface area contributed by atoms with E-state index in [-0.39, 0.29) is 0 Å². The summed E-state index contributed by atoms with van der Waals surface area (Å²) in [4.78, 5) is 0. The molecule has 1 N–H and O–H groups in total. The number of benzene rings is 1. The maximum Gasteiger partial charge on any atom is 0.131 e. The first-order valence-corrected chi connectivity index (χ1v) is 7.07. The van der Waals surface area contributed by atoms with Gasteiger partial charge < -0.3 is 5.32 Å². The summed E-state index contributed by atoms with van der Waals surface area (Å²) in [6, 6.07) is 5.66. The molecule has 0 fully saturated rings. The molecular weight excluding hydrogens is 282 g/mol. The van der Waals surface area contributed by atoms with E-state index in [2.05, 4.69) is 26.1 Å². The van der Waals surface area contributed by atoms with Crippen LogP contribution in [0.15, 0.2) is 24.4 Å². The lowest BCUT2D eigenvalue weighted by atomic mass is 10.2. The van der Waals surface area contributed by atoms with Gasteiger partial charge in [-0.1, -0.05) is 18.5 Å². The summed E-state index contributed by atoms with van der Waals surface area (Å²) in [6.07, 6.45) is 1.90. The zero-order chi connectivity index (χ0) is 13.2. The summed E-state index contributed by atoms with van der Waals surface area (Å²) in [5.74, 6) is 0. The van der Waals surface area contributed by atoms with Crippen molar-refractivity contribution < 1.29 is 0 Å². The predicted molar refractivity (Wildman–Crippen MR) is 76.9 cm³/mol. The van der Waals surface area contributed by atoms with Crippen molar-refractivity contribution in [3.8, 4) is 5.69 Å². The quantitative estimate of drug-likeness (QED) is 0.803. The Hall–Kier alpha value is -1.50. The summed E-state index contributed by atoms with van der Waals surface area (Å²) in [7, 11) is 0. The molecule has 0 aliphatic rings. The first-order valence-electron chi connectivity index (χ1n) is 5.96. The van der Waals surface area contributed by atoms with Gasteiger partial charge in [0, 0.05) is 12.7 Å². The Labute approximate surface area is 119 Å². The molecule has 2 aromatic heterocycles. The third-order valence-electron chi connectivity index (χ3n) is 2.78. The molecule has 7 heteroatoms. The van der Waals surface area contributed by atoms with Crippen molar-refractivity contribution in [3.05, 3.63) is 35.1 Å². The number of fused-ring (bicyclic) bond motifs is 1. The Morgan fingerprint density at radius 1 is 1.32 bits per heavy atom. The summed E-state index contributed by atoms with van der Waals surface area (Å²) in [5.41, 5.74) is 3.39. The number of hydrogen-bond donors (Lipinski definition) is 1. The van der Waals surface area contributed by atoms with Crippen LogP contribution in [0.25, 0.3) is 16.7 Å². The van der Waals surface area contributed by atoms with E-state index in [0.717, 1.165) is 35.5 Å². The molecule has 0 unspecified atom stereocenters. The molecule has 5 nitrogen and oxygen atoms in total. The number of nitrogens with zero attached hydrogens (tertiary/aromatic N) is 4. The molecule has 0 radical (unpaired) electrons. The molecule has 0 saturated heterocycles. The van der Waals surface area contributed by atoms with Crippen molar-refractivity contribution in [2.45, 2.75) is 13.5 Å². The third kappa shape index (κ3) is 2.34. The Balaban J connectivity index is 2.05. The van der Waals surface area contributed by atoms with E-state index in [1.807, 2.05) is 24.4 Å². The number of rotatable bonds is 4. The highest BCUT2D eigenvalue weighted by molar-refractivity contribution is 7.00. The van der Waals surface area contributed by atoms with Crippen LogP contribution in [0.2, 0.25) is 5.02 Å². The smallest absolute Gasteiger partial charge is 0.131 e. The predicted octanol–water partition coefficient (Wildman–Crippen LogP) is 2.64. The molecule has 0 amide bonds. The van der Waals surface area contributed by atoms with Gasteiger partial charge in [-0.2, -0.15) is 13.8 Å². The second-order valence-electron chi connectivity index (χ2n) is 4.06. The summed E-state index contributed by atoms with van der Waals surface area (Å²) < 4.78 is 10.3. The molecule has 0 saturated carbocycles. The van der Waals surface area contributed by atoms with E-state index in [4.69, 9.17) is 11.6 Å². The van der Waals surface area contributed by atoms with E-state index < -0.39 is 0 Å². The molecule has 0 atom stereocenters. The van der Waals surface area contributed by atoms with Crippen LogP contribution >= 0.6 is 23.3 Å². The normalized spacial score (nSPS) is 11.3. The molecule has 3 aromatic rings. The van der Waals surface area contributed by atoms with E-state index in [0.29, 0.717) is 5.02 Å². The Bertz CT molecular complexity index is 705. The van der Waals surface area contributed by atoms with Crippen LogP contribution in [0.1, 0.15) is 12.6 Å².